The Morgan fingerprint density at radius 3 is 2.56 bits per heavy atom. The van der Waals surface area contributed by atoms with Crippen LogP contribution in [0.25, 0.3) is 0 Å². The van der Waals surface area contributed by atoms with E-state index >= 15 is 0 Å². The highest BCUT2D eigenvalue weighted by Crippen LogP contribution is 2.21. The Morgan fingerprint density at radius 1 is 1.09 bits per heavy atom. The van der Waals surface area contributed by atoms with E-state index in [2.05, 4.69) is 54.3 Å². The molecule has 8 heteroatoms. The number of amides is 1. The Balaban J connectivity index is 0.00000512. The molecule has 0 saturated carbocycles. The van der Waals surface area contributed by atoms with Crippen molar-refractivity contribution >= 4 is 47.6 Å². The van der Waals surface area contributed by atoms with Crippen LogP contribution in [0.3, 0.4) is 0 Å². The molecule has 0 aromatic heterocycles. The van der Waals surface area contributed by atoms with Crippen LogP contribution < -0.4 is 16.0 Å². The largest absolute Gasteiger partial charge is 0.357 e. The van der Waals surface area contributed by atoms with E-state index < -0.39 is 0 Å². The topological polar surface area (TPSA) is 68.8 Å². The molecule has 0 fully saturated rings. The molecule has 0 unspecified atom stereocenters. The molecule has 176 valence electrons. The number of guanidine groups is 1. The number of aryl methyl sites for hydroxylation is 1. The summed E-state index contributed by atoms with van der Waals surface area (Å²) in [6.45, 7) is 7.58. The molecular formula is C24H36IN5OS. The zero-order valence-electron chi connectivity index (χ0n) is 19.7. The molecule has 0 aliphatic rings. The number of likely N-dealkylation sites (N-methyl/N-ethyl adjacent to an activating group) is 1. The van der Waals surface area contributed by atoms with E-state index in [1.807, 2.05) is 43.3 Å². The van der Waals surface area contributed by atoms with Crippen LogP contribution >= 0.6 is 35.7 Å². The first-order chi connectivity index (χ1) is 14.9. The monoisotopic (exact) mass is 569 g/mol. The van der Waals surface area contributed by atoms with Gasteiger partial charge in [0, 0.05) is 36.6 Å². The molecule has 0 aliphatic heterocycles. The van der Waals surface area contributed by atoms with Gasteiger partial charge in [-0.3, -0.25) is 4.79 Å². The molecule has 0 saturated heterocycles. The lowest BCUT2D eigenvalue weighted by Gasteiger charge is -2.14. The van der Waals surface area contributed by atoms with Gasteiger partial charge in [-0.1, -0.05) is 24.3 Å². The number of nitrogens with zero attached hydrogens (tertiary/aromatic N) is 2. The minimum absolute atomic E-state index is 0. The number of nitrogens with one attached hydrogen (secondary N) is 3. The third-order valence-corrected chi connectivity index (χ3v) is 5.51. The fourth-order valence-corrected chi connectivity index (χ4v) is 3.70. The quantitative estimate of drug-likeness (QED) is 0.176. The van der Waals surface area contributed by atoms with Crippen LogP contribution in [0.5, 0.6) is 0 Å². The van der Waals surface area contributed by atoms with Crippen LogP contribution in [-0.2, 0) is 13.1 Å². The van der Waals surface area contributed by atoms with Crippen molar-refractivity contribution < 1.29 is 4.79 Å². The van der Waals surface area contributed by atoms with Crippen molar-refractivity contribution in [3.05, 3.63) is 64.7 Å². The first-order valence-corrected chi connectivity index (χ1v) is 11.8. The second-order valence-electron chi connectivity index (χ2n) is 7.62. The van der Waals surface area contributed by atoms with Crippen molar-refractivity contribution in [2.75, 3.05) is 40.0 Å². The van der Waals surface area contributed by atoms with Crippen LogP contribution in [0.15, 0.2) is 52.4 Å². The minimum Gasteiger partial charge on any atom is -0.357 e. The summed E-state index contributed by atoms with van der Waals surface area (Å²) in [7, 11) is 3.98. The highest BCUT2D eigenvalue weighted by atomic mass is 127. The smallest absolute Gasteiger partial charge is 0.251 e. The van der Waals surface area contributed by atoms with E-state index in [-0.39, 0.29) is 29.9 Å². The van der Waals surface area contributed by atoms with Crippen molar-refractivity contribution in [3.63, 3.8) is 0 Å². The molecule has 1 amide bonds. The lowest BCUT2D eigenvalue weighted by Crippen LogP contribution is -2.36. The van der Waals surface area contributed by atoms with Crippen LogP contribution in [-0.4, -0.2) is 56.8 Å². The van der Waals surface area contributed by atoms with Gasteiger partial charge in [0.05, 0.1) is 6.54 Å². The van der Waals surface area contributed by atoms with Crippen LogP contribution in [0.2, 0.25) is 0 Å². The van der Waals surface area contributed by atoms with Crippen molar-refractivity contribution in [1.82, 2.24) is 20.9 Å². The van der Waals surface area contributed by atoms with Gasteiger partial charge in [-0.15, -0.1) is 35.7 Å². The molecule has 0 heterocycles. The maximum absolute atomic E-state index is 12.4. The predicted octanol–water partition coefficient (Wildman–Crippen LogP) is 3.88. The molecular weight excluding hydrogens is 533 g/mol. The number of halogens is 1. The zero-order chi connectivity index (χ0) is 22.6. The Kier molecular flexibility index (Phi) is 13.4. The maximum atomic E-state index is 12.4. The highest BCUT2D eigenvalue weighted by Gasteiger charge is 2.07. The minimum atomic E-state index is -0.0540. The van der Waals surface area contributed by atoms with Gasteiger partial charge < -0.3 is 20.9 Å². The van der Waals surface area contributed by atoms with Crippen molar-refractivity contribution in [2.24, 2.45) is 4.99 Å². The summed E-state index contributed by atoms with van der Waals surface area (Å²) in [4.78, 5) is 20.4. The summed E-state index contributed by atoms with van der Waals surface area (Å²) in [6.07, 6.45) is 2.10. The second-order valence-corrected chi connectivity index (χ2v) is 8.47. The molecule has 2 aromatic carbocycles. The van der Waals surface area contributed by atoms with Crippen LogP contribution in [0.1, 0.15) is 34.0 Å². The molecule has 2 aromatic rings. The lowest BCUT2D eigenvalue weighted by atomic mass is 10.1. The molecule has 0 aliphatic carbocycles. The Bertz CT molecular complexity index is 888. The second kappa shape index (κ2) is 15.1. The van der Waals surface area contributed by atoms with Gasteiger partial charge in [-0.25, -0.2) is 4.99 Å². The third kappa shape index (κ3) is 9.79. The van der Waals surface area contributed by atoms with Crippen LogP contribution in [0.4, 0.5) is 0 Å². The summed E-state index contributed by atoms with van der Waals surface area (Å²) in [6, 6.07) is 14.2. The summed E-state index contributed by atoms with van der Waals surface area (Å²) in [5, 5.41) is 9.67. The molecule has 32 heavy (non-hydrogen) atoms. The molecule has 2 rings (SSSR count). The maximum Gasteiger partial charge on any atom is 0.251 e. The third-order valence-electron chi connectivity index (χ3n) is 4.69. The average molecular weight is 570 g/mol. The summed E-state index contributed by atoms with van der Waals surface area (Å²) in [5.41, 5.74) is 4.17. The van der Waals surface area contributed by atoms with E-state index in [1.54, 1.807) is 11.8 Å². The van der Waals surface area contributed by atoms with Gasteiger partial charge in [-0.05, 0) is 69.1 Å². The zero-order valence-corrected chi connectivity index (χ0v) is 22.8. The Morgan fingerprint density at radius 2 is 1.88 bits per heavy atom. The normalized spacial score (nSPS) is 11.1. The van der Waals surface area contributed by atoms with Gasteiger partial charge in [0.2, 0.25) is 0 Å². The number of carbonyl (C=O) groups is 1. The molecule has 0 spiro atoms. The molecule has 3 N–H and O–H groups in total. The lowest BCUT2D eigenvalue weighted by molar-refractivity contribution is 0.0951. The standard InChI is InChI=1S/C24H35N5OS.HI/c1-6-25-24(28-17-21-11-10-18(2)14-22(21)31-5)27-16-19-8-7-9-20(15-19)23(30)26-12-13-29(3)4;/h7-11,14-15H,6,12-13,16-17H2,1-5H3,(H,26,30)(H2,25,27,28);1H. The van der Waals surface area contributed by atoms with E-state index in [9.17, 15) is 4.79 Å². The van der Waals surface area contributed by atoms with Crippen molar-refractivity contribution in [1.29, 1.82) is 0 Å². The van der Waals surface area contributed by atoms with Crippen molar-refractivity contribution in [3.8, 4) is 0 Å². The first kappa shape index (κ1) is 28.3. The number of benzene rings is 2. The summed E-state index contributed by atoms with van der Waals surface area (Å²) in [5.74, 6) is 0.706. The van der Waals surface area contributed by atoms with E-state index in [0.29, 0.717) is 25.2 Å². The SMILES string of the molecule is CCNC(=NCc1cccc(C(=O)NCCN(C)C)c1)NCc1ccc(C)cc1SC.I. The first-order valence-electron chi connectivity index (χ1n) is 10.6. The number of carbonyl (C=O) groups excluding carboxylic acids is 1. The van der Waals surface area contributed by atoms with E-state index in [1.165, 1.54) is 16.0 Å². The highest BCUT2D eigenvalue weighted by molar-refractivity contribution is 14.0. The van der Waals surface area contributed by atoms with Gasteiger partial charge in [0.1, 0.15) is 0 Å². The summed E-state index contributed by atoms with van der Waals surface area (Å²) >= 11 is 1.76. The van der Waals surface area contributed by atoms with Gasteiger partial charge in [0.25, 0.3) is 5.91 Å². The number of thioether (sulfide) groups is 1. The van der Waals surface area contributed by atoms with Crippen molar-refractivity contribution in [2.45, 2.75) is 31.8 Å². The van der Waals surface area contributed by atoms with Gasteiger partial charge >= 0.3 is 0 Å². The number of hydrogen-bond acceptors (Lipinski definition) is 4. The Labute approximate surface area is 214 Å². The van der Waals surface area contributed by atoms with Gasteiger partial charge in [-0.2, -0.15) is 0 Å². The van der Waals surface area contributed by atoms with E-state index in [4.69, 9.17) is 4.99 Å². The number of aliphatic imine (C=N–C) groups is 1. The number of rotatable bonds is 10. The fraction of sp³-hybridized carbons (Fsp3) is 0.417. The van der Waals surface area contributed by atoms with Gasteiger partial charge in [0.15, 0.2) is 5.96 Å². The molecule has 6 nitrogen and oxygen atoms in total. The molecule has 0 radical (unpaired) electrons. The number of hydrogen-bond donors (Lipinski definition) is 3. The average Bonchev–Trinajstić information content (AvgIpc) is 2.76. The Hall–Kier alpha value is -1.78. The van der Waals surface area contributed by atoms with Crippen LogP contribution in [0, 0.1) is 6.92 Å². The van der Waals surface area contributed by atoms with E-state index in [0.717, 1.165) is 24.6 Å². The summed E-state index contributed by atoms with van der Waals surface area (Å²) < 4.78 is 0. The molecule has 0 atom stereocenters. The fourth-order valence-electron chi connectivity index (χ4n) is 2.99. The molecule has 0 bridgehead atoms. The predicted molar refractivity (Wildman–Crippen MR) is 147 cm³/mol.